The van der Waals surface area contributed by atoms with Gasteiger partial charge in [-0.2, -0.15) is 5.26 Å². The maximum atomic E-state index is 12.0. The van der Waals surface area contributed by atoms with Crippen LogP contribution in [0.15, 0.2) is 12.3 Å². The summed E-state index contributed by atoms with van der Waals surface area (Å²) in [7, 11) is 1.86. The highest BCUT2D eigenvalue weighted by Crippen LogP contribution is 2.16. The molecule has 22 heavy (non-hydrogen) atoms. The average molecular weight is 304 g/mol. The van der Waals surface area contributed by atoms with Gasteiger partial charge in [0, 0.05) is 38.9 Å². The van der Waals surface area contributed by atoms with Crippen molar-refractivity contribution >= 4 is 6.09 Å². The summed E-state index contributed by atoms with van der Waals surface area (Å²) in [5, 5.41) is 12.4. The van der Waals surface area contributed by atoms with Crippen LogP contribution in [0.1, 0.15) is 38.4 Å². The Morgan fingerprint density at radius 3 is 2.86 bits per heavy atom. The van der Waals surface area contributed by atoms with E-state index in [-0.39, 0.29) is 12.1 Å². The van der Waals surface area contributed by atoms with Crippen LogP contribution in [0, 0.1) is 11.3 Å². The fraction of sp³-hybridized carbons (Fsp3) is 0.625. The van der Waals surface area contributed by atoms with Crippen molar-refractivity contribution < 1.29 is 9.53 Å². The van der Waals surface area contributed by atoms with E-state index in [2.05, 4.69) is 11.4 Å². The number of nitriles is 1. The number of hydrogen-bond donors (Lipinski definition) is 1. The number of ether oxygens (including phenoxy) is 1. The van der Waals surface area contributed by atoms with Crippen LogP contribution in [0.2, 0.25) is 0 Å². The van der Waals surface area contributed by atoms with Gasteiger partial charge in [-0.25, -0.2) is 4.79 Å². The van der Waals surface area contributed by atoms with Crippen LogP contribution in [0.4, 0.5) is 4.79 Å². The molecule has 1 amide bonds. The van der Waals surface area contributed by atoms with Crippen LogP contribution in [-0.4, -0.2) is 40.3 Å². The molecular weight excluding hydrogens is 280 g/mol. The Bertz CT molecular complexity index is 580. The van der Waals surface area contributed by atoms with Crippen molar-refractivity contribution in [1.29, 1.82) is 5.26 Å². The summed E-state index contributed by atoms with van der Waals surface area (Å²) in [6.45, 7) is 7.69. The second-order valence-corrected chi connectivity index (χ2v) is 6.75. The summed E-state index contributed by atoms with van der Waals surface area (Å²) in [5.41, 5.74) is 1.27. The lowest BCUT2D eigenvalue weighted by atomic mass is 10.2. The quantitative estimate of drug-likeness (QED) is 0.927. The zero-order valence-electron chi connectivity index (χ0n) is 13.7. The van der Waals surface area contributed by atoms with Crippen LogP contribution in [0.5, 0.6) is 0 Å². The van der Waals surface area contributed by atoms with E-state index in [0.717, 1.165) is 12.0 Å². The summed E-state index contributed by atoms with van der Waals surface area (Å²) < 4.78 is 7.20. The molecule has 1 N–H and O–H groups in total. The molecule has 1 aromatic heterocycles. The van der Waals surface area contributed by atoms with Gasteiger partial charge in [-0.15, -0.1) is 0 Å². The SMILES string of the molecule is Cn1cc(CNC2CCN(C(=O)OC(C)(C)C)C2)cc1C#N. The van der Waals surface area contributed by atoms with Crippen LogP contribution in [-0.2, 0) is 18.3 Å². The van der Waals surface area contributed by atoms with Crippen LogP contribution in [0.25, 0.3) is 0 Å². The Hall–Kier alpha value is -2.00. The number of hydrogen-bond acceptors (Lipinski definition) is 4. The van der Waals surface area contributed by atoms with E-state index in [0.29, 0.717) is 25.3 Å². The van der Waals surface area contributed by atoms with Crippen molar-refractivity contribution in [3.05, 3.63) is 23.5 Å². The van der Waals surface area contributed by atoms with Crippen molar-refractivity contribution in [2.45, 2.75) is 45.4 Å². The predicted octanol–water partition coefficient (Wildman–Crippen LogP) is 2.00. The van der Waals surface area contributed by atoms with Gasteiger partial charge in [0.1, 0.15) is 17.4 Å². The first-order valence-corrected chi connectivity index (χ1v) is 7.55. The number of likely N-dealkylation sites (tertiary alicyclic amines) is 1. The Morgan fingerprint density at radius 2 is 2.27 bits per heavy atom. The molecule has 0 bridgehead atoms. The molecule has 0 aliphatic carbocycles. The summed E-state index contributed by atoms with van der Waals surface area (Å²) in [6.07, 6.45) is 2.62. The monoisotopic (exact) mass is 304 g/mol. The number of rotatable bonds is 3. The predicted molar refractivity (Wildman–Crippen MR) is 83.2 cm³/mol. The molecule has 1 aliphatic rings. The minimum atomic E-state index is -0.458. The smallest absolute Gasteiger partial charge is 0.410 e. The Kier molecular flexibility index (Phi) is 4.77. The van der Waals surface area contributed by atoms with Crippen molar-refractivity contribution in [3.63, 3.8) is 0 Å². The standard InChI is InChI=1S/C16H24N4O2/c1-16(2,3)22-15(21)20-6-5-13(11-20)18-9-12-7-14(8-17)19(4)10-12/h7,10,13,18H,5-6,9,11H2,1-4H3. The van der Waals surface area contributed by atoms with Gasteiger partial charge in [0.05, 0.1) is 0 Å². The first-order valence-electron chi connectivity index (χ1n) is 7.55. The first-order chi connectivity index (χ1) is 10.3. The molecule has 0 aromatic carbocycles. The summed E-state index contributed by atoms with van der Waals surface area (Å²) >= 11 is 0. The Morgan fingerprint density at radius 1 is 1.55 bits per heavy atom. The third kappa shape index (κ3) is 4.25. The molecule has 1 aromatic rings. The molecule has 1 atom stereocenters. The van der Waals surface area contributed by atoms with E-state index < -0.39 is 5.60 Å². The first kappa shape index (κ1) is 16.4. The highest BCUT2D eigenvalue weighted by Gasteiger charge is 2.29. The Labute approximate surface area is 131 Å². The van der Waals surface area contributed by atoms with Gasteiger partial charge in [0.15, 0.2) is 0 Å². The number of amides is 1. The Balaban J connectivity index is 1.81. The van der Waals surface area contributed by atoms with E-state index in [9.17, 15) is 4.79 Å². The van der Waals surface area contributed by atoms with Gasteiger partial charge in [0.2, 0.25) is 0 Å². The molecule has 0 saturated carbocycles. The lowest BCUT2D eigenvalue weighted by Gasteiger charge is -2.24. The lowest BCUT2D eigenvalue weighted by molar-refractivity contribution is 0.0291. The van der Waals surface area contributed by atoms with Gasteiger partial charge in [0.25, 0.3) is 0 Å². The zero-order chi connectivity index (χ0) is 16.3. The van der Waals surface area contributed by atoms with Crippen molar-refractivity contribution in [2.24, 2.45) is 7.05 Å². The maximum Gasteiger partial charge on any atom is 0.410 e. The summed E-state index contributed by atoms with van der Waals surface area (Å²) in [6, 6.07) is 4.30. The van der Waals surface area contributed by atoms with Gasteiger partial charge in [-0.3, -0.25) is 0 Å². The molecule has 1 aliphatic heterocycles. The number of carbonyl (C=O) groups is 1. The van der Waals surface area contributed by atoms with Crippen molar-refractivity contribution in [2.75, 3.05) is 13.1 Å². The molecule has 1 unspecified atom stereocenters. The van der Waals surface area contributed by atoms with Crippen LogP contribution in [0.3, 0.4) is 0 Å². The van der Waals surface area contributed by atoms with Gasteiger partial charge >= 0.3 is 6.09 Å². The van der Waals surface area contributed by atoms with E-state index in [1.807, 2.05) is 44.6 Å². The number of aryl methyl sites for hydroxylation is 1. The molecule has 6 nitrogen and oxygen atoms in total. The van der Waals surface area contributed by atoms with Crippen molar-refractivity contribution in [3.8, 4) is 6.07 Å². The fourth-order valence-electron chi connectivity index (χ4n) is 2.52. The van der Waals surface area contributed by atoms with E-state index in [4.69, 9.17) is 10.00 Å². The summed E-state index contributed by atoms with van der Waals surface area (Å²) in [4.78, 5) is 13.7. The van der Waals surface area contributed by atoms with Crippen molar-refractivity contribution in [1.82, 2.24) is 14.8 Å². The molecule has 0 radical (unpaired) electrons. The molecule has 0 spiro atoms. The topological polar surface area (TPSA) is 70.3 Å². The molecule has 1 fully saturated rings. The normalized spacial score (nSPS) is 18.3. The average Bonchev–Trinajstić information content (AvgIpc) is 3.00. The molecule has 120 valence electrons. The number of carbonyl (C=O) groups excluding carboxylic acids is 1. The highest BCUT2D eigenvalue weighted by atomic mass is 16.6. The largest absolute Gasteiger partial charge is 0.444 e. The van der Waals surface area contributed by atoms with E-state index in [1.165, 1.54) is 0 Å². The third-order valence-corrected chi connectivity index (χ3v) is 3.61. The minimum absolute atomic E-state index is 0.247. The maximum absolute atomic E-state index is 12.0. The molecule has 2 rings (SSSR count). The van der Waals surface area contributed by atoms with Crippen LogP contribution >= 0.6 is 0 Å². The molecule has 6 heteroatoms. The zero-order valence-corrected chi connectivity index (χ0v) is 13.7. The molecule has 2 heterocycles. The fourth-order valence-corrected chi connectivity index (χ4v) is 2.52. The van der Waals surface area contributed by atoms with Gasteiger partial charge in [-0.05, 0) is 38.8 Å². The third-order valence-electron chi connectivity index (χ3n) is 3.61. The van der Waals surface area contributed by atoms with Gasteiger partial charge < -0.3 is 19.5 Å². The van der Waals surface area contributed by atoms with E-state index >= 15 is 0 Å². The second kappa shape index (κ2) is 6.41. The van der Waals surface area contributed by atoms with E-state index in [1.54, 1.807) is 4.90 Å². The molecule has 1 saturated heterocycles. The molecular formula is C16H24N4O2. The van der Waals surface area contributed by atoms with Crippen LogP contribution < -0.4 is 5.32 Å². The lowest BCUT2D eigenvalue weighted by Crippen LogP contribution is -2.38. The second-order valence-electron chi connectivity index (χ2n) is 6.75. The number of nitrogens with zero attached hydrogens (tertiary/aromatic N) is 3. The highest BCUT2D eigenvalue weighted by molar-refractivity contribution is 5.68. The summed E-state index contributed by atoms with van der Waals surface area (Å²) in [5.74, 6) is 0. The number of aromatic nitrogens is 1. The number of nitrogens with one attached hydrogen (secondary N) is 1. The van der Waals surface area contributed by atoms with Gasteiger partial charge in [-0.1, -0.05) is 0 Å². The minimum Gasteiger partial charge on any atom is -0.444 e.